The quantitative estimate of drug-likeness (QED) is 0.602. The van der Waals surface area contributed by atoms with Gasteiger partial charge in [-0.2, -0.15) is 0 Å². The van der Waals surface area contributed by atoms with Crippen LogP contribution in [0.5, 0.6) is 0 Å². The number of aliphatic hydroxyl groups excluding tert-OH is 2. The van der Waals surface area contributed by atoms with Gasteiger partial charge in [0.25, 0.3) is 0 Å². The fourth-order valence-electron chi connectivity index (χ4n) is 7.99. The summed E-state index contributed by atoms with van der Waals surface area (Å²) in [6.07, 6.45) is 12.6. The van der Waals surface area contributed by atoms with Gasteiger partial charge in [0.15, 0.2) is 0 Å². The molecule has 0 aliphatic heterocycles. The minimum absolute atomic E-state index is 0.184. The molecule has 0 bridgehead atoms. The SMILES string of the molecule is CC(C)(O)CCC[C@H]1CCC2C3C(O)C=C4CC(O)CCC4(C)C3CCC21C. The lowest BCUT2D eigenvalue weighted by Crippen LogP contribution is -2.54. The van der Waals surface area contributed by atoms with Crippen molar-refractivity contribution in [2.75, 3.05) is 0 Å². The second kappa shape index (κ2) is 7.10. The van der Waals surface area contributed by atoms with E-state index in [4.69, 9.17) is 0 Å². The van der Waals surface area contributed by atoms with E-state index in [1.165, 1.54) is 37.7 Å². The van der Waals surface area contributed by atoms with Crippen LogP contribution >= 0.6 is 0 Å². The zero-order valence-corrected chi connectivity index (χ0v) is 18.5. The normalized spacial score (nSPS) is 48.5. The standard InChI is InChI=1S/C25H42O3/c1-23(2,28)11-5-6-16-7-8-19-22-20(10-13-24(16,19)3)25(4)12-9-18(26)14-17(25)15-21(22)27/h15-16,18-22,26-28H,5-14H2,1-4H3/t16-,18?,19?,20?,21?,22?,24?,25?/m0/s1. The van der Waals surface area contributed by atoms with E-state index in [0.29, 0.717) is 23.2 Å². The van der Waals surface area contributed by atoms with E-state index in [2.05, 4.69) is 19.9 Å². The Hall–Kier alpha value is -0.380. The first-order chi connectivity index (χ1) is 13.0. The molecule has 3 fully saturated rings. The van der Waals surface area contributed by atoms with Crippen molar-refractivity contribution in [3.63, 3.8) is 0 Å². The zero-order valence-electron chi connectivity index (χ0n) is 18.5. The summed E-state index contributed by atoms with van der Waals surface area (Å²) in [5, 5.41) is 31.4. The highest BCUT2D eigenvalue weighted by Gasteiger charge is 2.60. The summed E-state index contributed by atoms with van der Waals surface area (Å²) < 4.78 is 0. The maximum Gasteiger partial charge on any atom is 0.0757 e. The lowest BCUT2D eigenvalue weighted by Gasteiger charge is -2.59. The van der Waals surface area contributed by atoms with Gasteiger partial charge in [-0.3, -0.25) is 0 Å². The van der Waals surface area contributed by atoms with Gasteiger partial charge in [0, 0.05) is 0 Å². The first kappa shape index (κ1) is 20.9. The fourth-order valence-corrected chi connectivity index (χ4v) is 7.99. The van der Waals surface area contributed by atoms with Crippen LogP contribution in [-0.2, 0) is 0 Å². The number of hydrogen-bond donors (Lipinski definition) is 3. The molecule has 3 heteroatoms. The largest absolute Gasteiger partial charge is 0.393 e. The average Bonchev–Trinajstić information content (AvgIpc) is 2.92. The molecule has 160 valence electrons. The van der Waals surface area contributed by atoms with Crippen molar-refractivity contribution in [3.8, 4) is 0 Å². The summed E-state index contributed by atoms with van der Waals surface area (Å²) >= 11 is 0. The summed E-state index contributed by atoms with van der Waals surface area (Å²) in [4.78, 5) is 0. The van der Waals surface area contributed by atoms with Crippen LogP contribution in [0, 0.1) is 34.5 Å². The molecule has 3 N–H and O–H groups in total. The molecule has 3 nitrogen and oxygen atoms in total. The summed E-state index contributed by atoms with van der Waals surface area (Å²) in [6.45, 7) is 8.77. The molecule has 0 aromatic rings. The first-order valence-corrected chi connectivity index (χ1v) is 11.8. The Labute approximate surface area is 171 Å². The predicted octanol–water partition coefficient (Wildman–Crippen LogP) is 4.84. The van der Waals surface area contributed by atoms with Gasteiger partial charge >= 0.3 is 0 Å². The van der Waals surface area contributed by atoms with Crippen LogP contribution in [0.1, 0.15) is 91.9 Å². The molecule has 4 aliphatic rings. The molecule has 7 unspecified atom stereocenters. The lowest BCUT2D eigenvalue weighted by atomic mass is 9.46. The molecule has 4 aliphatic carbocycles. The Morgan fingerprint density at radius 2 is 1.79 bits per heavy atom. The molecule has 0 radical (unpaired) electrons. The smallest absolute Gasteiger partial charge is 0.0757 e. The van der Waals surface area contributed by atoms with Gasteiger partial charge in [0.05, 0.1) is 17.8 Å². The molecule has 28 heavy (non-hydrogen) atoms. The van der Waals surface area contributed by atoms with Crippen molar-refractivity contribution >= 4 is 0 Å². The summed E-state index contributed by atoms with van der Waals surface area (Å²) in [5.41, 5.74) is 1.31. The number of hydrogen-bond acceptors (Lipinski definition) is 3. The van der Waals surface area contributed by atoms with E-state index in [9.17, 15) is 15.3 Å². The van der Waals surface area contributed by atoms with E-state index in [-0.39, 0.29) is 17.6 Å². The minimum Gasteiger partial charge on any atom is -0.393 e. The van der Waals surface area contributed by atoms with E-state index < -0.39 is 5.60 Å². The highest BCUT2D eigenvalue weighted by molar-refractivity contribution is 5.27. The Morgan fingerprint density at radius 3 is 2.50 bits per heavy atom. The number of rotatable bonds is 4. The zero-order chi connectivity index (χ0) is 20.3. The molecule has 0 heterocycles. The topological polar surface area (TPSA) is 60.7 Å². The van der Waals surface area contributed by atoms with Gasteiger partial charge in [-0.15, -0.1) is 0 Å². The van der Waals surface area contributed by atoms with Crippen LogP contribution in [0.4, 0.5) is 0 Å². The second-order valence-corrected chi connectivity index (χ2v) is 11.8. The van der Waals surface area contributed by atoms with Crippen molar-refractivity contribution in [3.05, 3.63) is 11.6 Å². The maximum absolute atomic E-state index is 11.2. The fraction of sp³-hybridized carbons (Fsp3) is 0.920. The van der Waals surface area contributed by atoms with Crippen LogP contribution in [0.25, 0.3) is 0 Å². The predicted molar refractivity (Wildman–Crippen MR) is 113 cm³/mol. The molecule has 0 spiro atoms. The molecule has 0 aromatic heterocycles. The van der Waals surface area contributed by atoms with Crippen LogP contribution < -0.4 is 0 Å². The molecular formula is C25H42O3. The van der Waals surface area contributed by atoms with Crippen LogP contribution in [0.3, 0.4) is 0 Å². The maximum atomic E-state index is 11.2. The van der Waals surface area contributed by atoms with Crippen molar-refractivity contribution in [2.24, 2.45) is 34.5 Å². The Bertz CT molecular complexity index is 620. The molecule has 0 aromatic carbocycles. The first-order valence-electron chi connectivity index (χ1n) is 11.8. The number of aliphatic hydroxyl groups is 3. The van der Waals surface area contributed by atoms with Gasteiger partial charge in [-0.05, 0) is 106 Å². The molecule has 4 rings (SSSR count). The summed E-state index contributed by atoms with van der Waals surface area (Å²) in [6, 6.07) is 0. The Kier molecular flexibility index (Phi) is 5.29. The average molecular weight is 391 g/mol. The van der Waals surface area contributed by atoms with Crippen molar-refractivity contribution in [2.45, 2.75) is 110 Å². The van der Waals surface area contributed by atoms with Crippen LogP contribution in [0.2, 0.25) is 0 Å². The van der Waals surface area contributed by atoms with E-state index in [1.54, 1.807) is 0 Å². The highest BCUT2D eigenvalue weighted by Crippen LogP contribution is 2.66. The van der Waals surface area contributed by atoms with Crippen LogP contribution in [-0.4, -0.2) is 33.1 Å². The second-order valence-electron chi connectivity index (χ2n) is 11.8. The van der Waals surface area contributed by atoms with Gasteiger partial charge in [-0.25, -0.2) is 0 Å². The monoisotopic (exact) mass is 390 g/mol. The van der Waals surface area contributed by atoms with Crippen molar-refractivity contribution < 1.29 is 15.3 Å². The molecular weight excluding hydrogens is 348 g/mol. The summed E-state index contributed by atoms with van der Waals surface area (Å²) in [7, 11) is 0. The van der Waals surface area contributed by atoms with Gasteiger partial charge in [0.1, 0.15) is 0 Å². The number of fused-ring (bicyclic) bond motifs is 5. The Balaban J connectivity index is 1.53. The minimum atomic E-state index is -0.558. The van der Waals surface area contributed by atoms with Gasteiger partial charge in [-0.1, -0.05) is 31.9 Å². The molecule has 0 amide bonds. The van der Waals surface area contributed by atoms with E-state index in [0.717, 1.165) is 38.0 Å². The van der Waals surface area contributed by atoms with Gasteiger partial charge < -0.3 is 15.3 Å². The Morgan fingerprint density at radius 1 is 1.04 bits per heavy atom. The van der Waals surface area contributed by atoms with Crippen LogP contribution in [0.15, 0.2) is 11.6 Å². The third-order valence-electron chi connectivity index (χ3n) is 9.64. The highest BCUT2D eigenvalue weighted by atomic mass is 16.3. The van der Waals surface area contributed by atoms with Crippen molar-refractivity contribution in [1.82, 2.24) is 0 Å². The van der Waals surface area contributed by atoms with Gasteiger partial charge in [0.2, 0.25) is 0 Å². The molecule has 3 saturated carbocycles. The molecule has 8 atom stereocenters. The lowest BCUT2D eigenvalue weighted by molar-refractivity contribution is -0.0931. The summed E-state index contributed by atoms with van der Waals surface area (Å²) in [5.74, 6) is 2.32. The third kappa shape index (κ3) is 3.40. The molecule has 0 saturated heterocycles. The van der Waals surface area contributed by atoms with E-state index in [1.807, 2.05) is 13.8 Å². The van der Waals surface area contributed by atoms with E-state index >= 15 is 0 Å². The van der Waals surface area contributed by atoms with Crippen molar-refractivity contribution in [1.29, 1.82) is 0 Å². The third-order valence-corrected chi connectivity index (χ3v) is 9.64.